The summed E-state index contributed by atoms with van der Waals surface area (Å²) in [5, 5.41) is 3.65. The van der Waals surface area contributed by atoms with Gasteiger partial charge in [-0.25, -0.2) is 4.98 Å². The lowest BCUT2D eigenvalue weighted by molar-refractivity contribution is 0.410. The summed E-state index contributed by atoms with van der Waals surface area (Å²) in [6.45, 7) is 3.51. The van der Waals surface area contributed by atoms with Crippen LogP contribution in [0.4, 0.5) is 5.82 Å². The Morgan fingerprint density at radius 3 is 2.78 bits per heavy atom. The molecule has 0 aliphatic carbocycles. The summed E-state index contributed by atoms with van der Waals surface area (Å²) in [4.78, 5) is 7.14. The van der Waals surface area contributed by atoms with E-state index in [9.17, 15) is 0 Å². The van der Waals surface area contributed by atoms with Crippen molar-refractivity contribution in [2.24, 2.45) is 0 Å². The van der Waals surface area contributed by atoms with Crippen LogP contribution in [0.15, 0.2) is 18.3 Å². The van der Waals surface area contributed by atoms with Crippen molar-refractivity contribution in [3.05, 3.63) is 23.9 Å². The van der Waals surface area contributed by atoms with Gasteiger partial charge in [0.1, 0.15) is 5.82 Å². The van der Waals surface area contributed by atoms with Gasteiger partial charge in [-0.3, -0.25) is 0 Å². The van der Waals surface area contributed by atoms with Gasteiger partial charge in [0.15, 0.2) is 0 Å². The van der Waals surface area contributed by atoms with Gasteiger partial charge in [-0.15, -0.1) is 0 Å². The average Bonchev–Trinajstić information content (AvgIpc) is 2.49. The number of piperidine rings is 2. The Labute approximate surface area is 110 Å². The van der Waals surface area contributed by atoms with E-state index in [1.807, 2.05) is 6.20 Å². The molecule has 1 atom stereocenters. The lowest BCUT2D eigenvalue weighted by Crippen LogP contribution is -2.34. The van der Waals surface area contributed by atoms with Crippen molar-refractivity contribution < 1.29 is 0 Å². The van der Waals surface area contributed by atoms with Crippen LogP contribution in [0.2, 0.25) is 0 Å². The second kappa shape index (κ2) is 5.70. The number of aromatic nitrogens is 1. The van der Waals surface area contributed by atoms with Gasteiger partial charge in [0.05, 0.1) is 0 Å². The second-order valence-electron chi connectivity index (χ2n) is 5.47. The van der Waals surface area contributed by atoms with Crippen molar-refractivity contribution in [2.45, 2.75) is 44.6 Å². The zero-order chi connectivity index (χ0) is 12.2. The molecule has 18 heavy (non-hydrogen) atoms. The summed E-state index contributed by atoms with van der Waals surface area (Å²) in [5.74, 6) is 1.23. The highest BCUT2D eigenvalue weighted by Crippen LogP contribution is 2.30. The Hall–Kier alpha value is -1.09. The Kier molecular flexibility index (Phi) is 3.79. The molecule has 3 heteroatoms. The molecule has 0 saturated carbocycles. The molecule has 0 spiro atoms. The third kappa shape index (κ3) is 2.51. The summed E-state index contributed by atoms with van der Waals surface area (Å²) in [6.07, 6.45) is 9.85. The van der Waals surface area contributed by atoms with E-state index in [0.29, 0.717) is 6.04 Å². The molecule has 1 aromatic rings. The molecular formula is C15H23N3. The molecule has 1 N–H and O–H groups in total. The fraction of sp³-hybridized carbons (Fsp3) is 0.667. The van der Waals surface area contributed by atoms with Crippen molar-refractivity contribution in [1.29, 1.82) is 0 Å². The van der Waals surface area contributed by atoms with Crippen LogP contribution < -0.4 is 10.2 Å². The quantitative estimate of drug-likeness (QED) is 0.868. The maximum atomic E-state index is 4.66. The van der Waals surface area contributed by atoms with E-state index in [2.05, 4.69) is 27.3 Å². The minimum absolute atomic E-state index is 0.518. The molecule has 0 amide bonds. The molecule has 98 valence electrons. The molecule has 2 aliphatic rings. The third-order valence-corrected chi connectivity index (χ3v) is 4.16. The largest absolute Gasteiger partial charge is 0.356 e. The smallest absolute Gasteiger partial charge is 0.133 e. The van der Waals surface area contributed by atoms with Gasteiger partial charge in [-0.1, -0.05) is 12.5 Å². The van der Waals surface area contributed by atoms with E-state index in [4.69, 9.17) is 0 Å². The third-order valence-electron chi connectivity index (χ3n) is 4.16. The van der Waals surface area contributed by atoms with Crippen LogP contribution in [0.5, 0.6) is 0 Å². The van der Waals surface area contributed by atoms with Gasteiger partial charge in [0.2, 0.25) is 0 Å². The highest BCUT2D eigenvalue weighted by Gasteiger charge is 2.22. The maximum Gasteiger partial charge on any atom is 0.133 e. The van der Waals surface area contributed by atoms with Crippen LogP contribution in [0, 0.1) is 0 Å². The molecule has 3 nitrogen and oxygen atoms in total. The van der Waals surface area contributed by atoms with Crippen molar-refractivity contribution in [1.82, 2.24) is 10.3 Å². The minimum atomic E-state index is 0.518. The number of rotatable bonds is 2. The van der Waals surface area contributed by atoms with Crippen LogP contribution in [0.1, 0.15) is 50.1 Å². The Morgan fingerprint density at radius 1 is 1.11 bits per heavy atom. The second-order valence-corrected chi connectivity index (χ2v) is 5.47. The predicted octanol–water partition coefficient (Wildman–Crippen LogP) is 2.89. The molecule has 2 fully saturated rings. The first kappa shape index (κ1) is 12.0. The van der Waals surface area contributed by atoms with E-state index >= 15 is 0 Å². The SMILES string of the molecule is c1cnc(N2CCCCC2)c([C@H]2CCCCN2)c1. The van der Waals surface area contributed by atoms with E-state index in [1.165, 1.54) is 63.0 Å². The fourth-order valence-corrected chi connectivity index (χ4v) is 3.17. The molecule has 2 aliphatic heterocycles. The Morgan fingerprint density at radius 2 is 2.00 bits per heavy atom. The van der Waals surface area contributed by atoms with Gasteiger partial charge >= 0.3 is 0 Å². The number of nitrogens with one attached hydrogen (secondary N) is 1. The highest BCUT2D eigenvalue weighted by atomic mass is 15.2. The summed E-state index contributed by atoms with van der Waals surface area (Å²) in [5.41, 5.74) is 1.42. The van der Waals surface area contributed by atoms with Gasteiger partial charge < -0.3 is 10.2 Å². The first-order valence-electron chi connectivity index (χ1n) is 7.38. The molecule has 2 saturated heterocycles. The van der Waals surface area contributed by atoms with E-state index in [0.717, 1.165) is 6.54 Å². The van der Waals surface area contributed by atoms with E-state index in [-0.39, 0.29) is 0 Å². The average molecular weight is 245 g/mol. The van der Waals surface area contributed by atoms with Crippen LogP contribution in [0.25, 0.3) is 0 Å². The molecule has 0 bridgehead atoms. The zero-order valence-corrected chi connectivity index (χ0v) is 11.1. The number of nitrogens with zero attached hydrogens (tertiary/aromatic N) is 2. The van der Waals surface area contributed by atoms with E-state index < -0.39 is 0 Å². The standard InChI is InChI=1S/C15H23N3/c1-4-11-18(12-5-1)15-13(7-6-10-17-15)14-8-2-3-9-16-14/h6-7,10,14,16H,1-5,8-9,11-12H2/t14-/m1/s1. The molecule has 0 aromatic carbocycles. The number of pyridine rings is 1. The van der Waals surface area contributed by atoms with Crippen LogP contribution in [-0.4, -0.2) is 24.6 Å². The number of anilines is 1. The maximum absolute atomic E-state index is 4.66. The normalized spacial score (nSPS) is 25.1. The molecule has 0 unspecified atom stereocenters. The van der Waals surface area contributed by atoms with Gasteiger partial charge in [-0.2, -0.15) is 0 Å². The van der Waals surface area contributed by atoms with E-state index in [1.54, 1.807) is 0 Å². The van der Waals surface area contributed by atoms with Gasteiger partial charge in [0, 0.05) is 30.9 Å². The predicted molar refractivity (Wildman–Crippen MR) is 74.9 cm³/mol. The van der Waals surface area contributed by atoms with Gasteiger partial charge in [0.25, 0.3) is 0 Å². The minimum Gasteiger partial charge on any atom is -0.356 e. The Balaban J connectivity index is 1.83. The van der Waals surface area contributed by atoms with Crippen molar-refractivity contribution in [2.75, 3.05) is 24.5 Å². The number of hydrogen-bond donors (Lipinski definition) is 1. The molecule has 0 radical (unpaired) electrons. The van der Waals surface area contributed by atoms with Crippen LogP contribution >= 0.6 is 0 Å². The lowest BCUT2D eigenvalue weighted by atomic mass is 9.97. The molecule has 1 aromatic heterocycles. The Bertz CT molecular complexity index is 342. The zero-order valence-electron chi connectivity index (χ0n) is 11.1. The highest BCUT2D eigenvalue weighted by molar-refractivity contribution is 5.48. The summed E-state index contributed by atoms with van der Waals surface area (Å²) in [6, 6.07) is 4.86. The monoisotopic (exact) mass is 245 g/mol. The number of hydrogen-bond acceptors (Lipinski definition) is 3. The van der Waals surface area contributed by atoms with Crippen molar-refractivity contribution >= 4 is 5.82 Å². The summed E-state index contributed by atoms with van der Waals surface area (Å²) >= 11 is 0. The van der Waals surface area contributed by atoms with Crippen LogP contribution in [-0.2, 0) is 0 Å². The summed E-state index contributed by atoms with van der Waals surface area (Å²) in [7, 11) is 0. The first-order chi connectivity index (χ1) is 8.95. The lowest BCUT2D eigenvalue weighted by Gasteiger charge is -2.32. The van der Waals surface area contributed by atoms with Crippen molar-refractivity contribution in [3.63, 3.8) is 0 Å². The molecular weight excluding hydrogens is 222 g/mol. The first-order valence-corrected chi connectivity index (χ1v) is 7.38. The van der Waals surface area contributed by atoms with Crippen LogP contribution in [0.3, 0.4) is 0 Å². The molecule has 3 heterocycles. The van der Waals surface area contributed by atoms with Gasteiger partial charge in [-0.05, 0) is 44.7 Å². The fourth-order valence-electron chi connectivity index (χ4n) is 3.17. The molecule has 3 rings (SSSR count). The van der Waals surface area contributed by atoms with Crippen molar-refractivity contribution in [3.8, 4) is 0 Å². The summed E-state index contributed by atoms with van der Waals surface area (Å²) < 4.78 is 0. The topological polar surface area (TPSA) is 28.2 Å².